The van der Waals surface area contributed by atoms with E-state index in [-0.39, 0.29) is 5.91 Å². The summed E-state index contributed by atoms with van der Waals surface area (Å²) in [4.78, 5) is 36.7. The molecule has 0 radical (unpaired) electrons. The molecule has 7 nitrogen and oxygen atoms in total. The van der Waals surface area contributed by atoms with E-state index in [2.05, 4.69) is 10.6 Å². The number of likely N-dealkylation sites (N-methyl/N-ethyl adjacent to an activating group) is 1. The van der Waals surface area contributed by atoms with Gasteiger partial charge in [0.1, 0.15) is 11.8 Å². The van der Waals surface area contributed by atoms with E-state index in [0.717, 1.165) is 0 Å². The molecule has 2 atom stereocenters. The van der Waals surface area contributed by atoms with E-state index in [1.165, 1.54) is 14.0 Å². The van der Waals surface area contributed by atoms with Crippen LogP contribution in [0.2, 0.25) is 0 Å². The summed E-state index contributed by atoms with van der Waals surface area (Å²) in [6, 6.07) is 5.90. The first-order valence-corrected chi connectivity index (χ1v) is 9.74. The Morgan fingerprint density at radius 1 is 1.23 bits per heavy atom. The maximum absolute atomic E-state index is 12.5. The van der Waals surface area contributed by atoms with E-state index in [1.807, 2.05) is 6.26 Å². The van der Waals surface area contributed by atoms with Crippen molar-refractivity contribution in [3.63, 3.8) is 0 Å². The molecule has 2 amide bonds. The van der Waals surface area contributed by atoms with E-state index in [0.29, 0.717) is 30.0 Å². The molecule has 8 heteroatoms. The number of amides is 2. The standard InChI is InChI=1S/C18H26N2O5S/c1-5-19-16(21)12(2)25-18(23)14(10-11-26-4)20-17(22)13-8-6-7-9-15(13)24-3/h6-9,12,14H,5,10-11H2,1-4H3,(H,19,21)(H,20,22)/t12-,14+/m1/s1. The zero-order valence-electron chi connectivity index (χ0n) is 15.5. The van der Waals surface area contributed by atoms with Crippen LogP contribution in [0, 0.1) is 0 Å². The van der Waals surface area contributed by atoms with Gasteiger partial charge in [0.2, 0.25) is 0 Å². The van der Waals surface area contributed by atoms with Gasteiger partial charge < -0.3 is 20.1 Å². The number of esters is 1. The number of hydrogen-bond donors (Lipinski definition) is 2. The fourth-order valence-corrected chi connectivity index (χ4v) is 2.65. The third-order valence-electron chi connectivity index (χ3n) is 3.57. The Balaban J connectivity index is 2.83. The van der Waals surface area contributed by atoms with E-state index in [1.54, 1.807) is 43.0 Å². The number of methoxy groups -OCH3 is 1. The molecule has 1 rings (SSSR count). The van der Waals surface area contributed by atoms with Gasteiger partial charge in [0.25, 0.3) is 11.8 Å². The fourth-order valence-electron chi connectivity index (χ4n) is 2.18. The fraction of sp³-hybridized carbons (Fsp3) is 0.500. The van der Waals surface area contributed by atoms with Crippen LogP contribution in [0.4, 0.5) is 0 Å². The highest BCUT2D eigenvalue weighted by Crippen LogP contribution is 2.17. The maximum Gasteiger partial charge on any atom is 0.329 e. The first-order chi connectivity index (χ1) is 12.4. The summed E-state index contributed by atoms with van der Waals surface area (Å²) in [5.74, 6) is -0.378. The third-order valence-corrected chi connectivity index (χ3v) is 4.21. The molecule has 0 aromatic heterocycles. The predicted molar refractivity (Wildman–Crippen MR) is 101 cm³/mol. The topological polar surface area (TPSA) is 93.7 Å². The summed E-state index contributed by atoms with van der Waals surface area (Å²) < 4.78 is 10.4. The molecule has 1 aromatic carbocycles. The van der Waals surface area contributed by atoms with Gasteiger partial charge in [0.05, 0.1) is 12.7 Å². The summed E-state index contributed by atoms with van der Waals surface area (Å²) in [6.07, 6.45) is 1.37. The van der Waals surface area contributed by atoms with Gasteiger partial charge in [0, 0.05) is 6.54 Å². The maximum atomic E-state index is 12.5. The Labute approximate surface area is 158 Å². The first kappa shape index (κ1) is 21.8. The third kappa shape index (κ3) is 6.59. The van der Waals surface area contributed by atoms with Crippen molar-refractivity contribution in [3.05, 3.63) is 29.8 Å². The van der Waals surface area contributed by atoms with Crippen molar-refractivity contribution in [1.82, 2.24) is 10.6 Å². The highest BCUT2D eigenvalue weighted by molar-refractivity contribution is 7.98. The summed E-state index contributed by atoms with van der Waals surface area (Å²) in [5.41, 5.74) is 0.328. The second-order valence-corrected chi connectivity index (χ2v) is 6.47. The summed E-state index contributed by atoms with van der Waals surface area (Å²) in [6.45, 7) is 3.72. The van der Waals surface area contributed by atoms with Gasteiger partial charge in [-0.1, -0.05) is 12.1 Å². The molecule has 1 aromatic rings. The zero-order chi connectivity index (χ0) is 19.5. The van der Waals surface area contributed by atoms with Gasteiger partial charge in [-0.05, 0) is 44.4 Å². The number of hydrogen-bond acceptors (Lipinski definition) is 6. The largest absolute Gasteiger partial charge is 0.496 e. The monoisotopic (exact) mass is 382 g/mol. The molecule has 0 unspecified atom stereocenters. The molecule has 0 spiro atoms. The molecular formula is C18H26N2O5S. The Morgan fingerprint density at radius 2 is 1.92 bits per heavy atom. The van der Waals surface area contributed by atoms with Crippen molar-refractivity contribution >= 4 is 29.5 Å². The number of ether oxygens (including phenoxy) is 2. The molecule has 0 saturated carbocycles. The minimum atomic E-state index is -0.928. The molecule has 0 aliphatic rings. The average Bonchev–Trinajstić information content (AvgIpc) is 2.64. The average molecular weight is 382 g/mol. The Hall–Kier alpha value is -2.22. The number of para-hydroxylation sites is 1. The SMILES string of the molecule is CCNC(=O)[C@@H](C)OC(=O)[C@H](CCSC)NC(=O)c1ccccc1OC. The van der Waals surface area contributed by atoms with Crippen LogP contribution in [-0.4, -0.2) is 55.6 Å². The minimum absolute atomic E-state index is 0.328. The number of carbonyl (C=O) groups is 3. The van der Waals surface area contributed by atoms with Crippen molar-refractivity contribution in [2.24, 2.45) is 0 Å². The number of carbonyl (C=O) groups excluding carboxylic acids is 3. The number of nitrogens with one attached hydrogen (secondary N) is 2. The van der Waals surface area contributed by atoms with E-state index in [9.17, 15) is 14.4 Å². The summed E-state index contributed by atoms with van der Waals surface area (Å²) in [7, 11) is 1.47. The van der Waals surface area contributed by atoms with Crippen molar-refractivity contribution < 1.29 is 23.9 Å². The lowest BCUT2D eigenvalue weighted by atomic mass is 10.1. The molecule has 0 saturated heterocycles. The van der Waals surface area contributed by atoms with E-state index < -0.39 is 24.0 Å². The van der Waals surface area contributed by atoms with Gasteiger partial charge in [-0.3, -0.25) is 9.59 Å². The van der Waals surface area contributed by atoms with Crippen LogP contribution in [0.3, 0.4) is 0 Å². The molecule has 0 aliphatic heterocycles. The number of thioether (sulfide) groups is 1. The number of benzene rings is 1. The van der Waals surface area contributed by atoms with Crippen molar-refractivity contribution in [2.75, 3.05) is 25.7 Å². The second-order valence-electron chi connectivity index (χ2n) is 5.48. The molecule has 0 bridgehead atoms. The second kappa shape index (κ2) is 11.4. The van der Waals surface area contributed by atoms with Gasteiger partial charge in [0.15, 0.2) is 6.10 Å². The first-order valence-electron chi connectivity index (χ1n) is 8.35. The van der Waals surface area contributed by atoms with Crippen LogP contribution in [0.5, 0.6) is 5.75 Å². The summed E-state index contributed by atoms with van der Waals surface area (Å²) >= 11 is 1.55. The Morgan fingerprint density at radius 3 is 2.54 bits per heavy atom. The minimum Gasteiger partial charge on any atom is -0.496 e. The molecular weight excluding hydrogens is 356 g/mol. The van der Waals surface area contributed by atoms with Gasteiger partial charge in [-0.25, -0.2) is 4.79 Å². The smallest absolute Gasteiger partial charge is 0.329 e. The molecule has 0 fully saturated rings. The quantitative estimate of drug-likeness (QED) is 0.597. The van der Waals surface area contributed by atoms with E-state index >= 15 is 0 Å². The highest BCUT2D eigenvalue weighted by Gasteiger charge is 2.27. The van der Waals surface area contributed by atoms with Crippen molar-refractivity contribution in [1.29, 1.82) is 0 Å². The zero-order valence-corrected chi connectivity index (χ0v) is 16.4. The van der Waals surface area contributed by atoms with Crippen LogP contribution in [0.15, 0.2) is 24.3 Å². The lowest BCUT2D eigenvalue weighted by Crippen LogP contribution is -2.45. The van der Waals surface area contributed by atoms with Crippen LogP contribution in [-0.2, 0) is 14.3 Å². The Kier molecular flexibility index (Phi) is 9.57. The van der Waals surface area contributed by atoms with Crippen molar-refractivity contribution in [2.45, 2.75) is 32.4 Å². The normalized spacial score (nSPS) is 12.6. The van der Waals surface area contributed by atoms with Gasteiger partial charge >= 0.3 is 5.97 Å². The van der Waals surface area contributed by atoms with Crippen LogP contribution < -0.4 is 15.4 Å². The van der Waals surface area contributed by atoms with Crippen LogP contribution in [0.1, 0.15) is 30.6 Å². The van der Waals surface area contributed by atoms with Crippen molar-refractivity contribution in [3.8, 4) is 5.75 Å². The lowest BCUT2D eigenvalue weighted by Gasteiger charge is -2.20. The van der Waals surface area contributed by atoms with E-state index in [4.69, 9.17) is 9.47 Å². The summed E-state index contributed by atoms with van der Waals surface area (Å²) in [5, 5.41) is 5.27. The predicted octanol–water partition coefficient (Wildman–Crippen LogP) is 1.61. The molecule has 0 heterocycles. The van der Waals surface area contributed by atoms with Gasteiger partial charge in [-0.15, -0.1) is 0 Å². The van der Waals surface area contributed by atoms with Gasteiger partial charge in [-0.2, -0.15) is 11.8 Å². The molecule has 0 aliphatic carbocycles. The molecule has 144 valence electrons. The highest BCUT2D eigenvalue weighted by atomic mass is 32.2. The molecule has 2 N–H and O–H groups in total. The Bertz CT molecular complexity index is 623. The van der Waals surface area contributed by atoms with Crippen LogP contribution >= 0.6 is 11.8 Å². The lowest BCUT2D eigenvalue weighted by molar-refractivity contribution is -0.156. The van der Waals surface area contributed by atoms with Crippen LogP contribution in [0.25, 0.3) is 0 Å². The number of rotatable bonds is 10. The molecule has 26 heavy (non-hydrogen) atoms.